The number of thioether (sulfide) groups is 1. The van der Waals surface area contributed by atoms with E-state index >= 15 is 0 Å². The summed E-state index contributed by atoms with van der Waals surface area (Å²) < 4.78 is 11.7. The first kappa shape index (κ1) is 19.8. The largest absolute Gasteiger partial charge is 0.493 e. The molecule has 144 valence electrons. The molecule has 1 heterocycles. The van der Waals surface area contributed by atoms with Gasteiger partial charge in [-0.25, -0.2) is 0 Å². The smallest absolute Gasteiger partial charge is 0.161 e. The second-order valence-corrected chi connectivity index (χ2v) is 8.31. The molecule has 0 saturated carbocycles. The highest BCUT2D eigenvalue weighted by Crippen LogP contribution is 2.41. The van der Waals surface area contributed by atoms with Crippen molar-refractivity contribution in [2.45, 2.75) is 30.6 Å². The van der Waals surface area contributed by atoms with E-state index in [1.165, 1.54) is 5.56 Å². The normalized spacial score (nSPS) is 17.3. The second kappa shape index (κ2) is 9.86. The standard InChI is InChI=1S/C23H29NO2S/c1-24(2)14-13-20(23-10-7-15-27-23)19-11-12-21(22(16-19)25-3)26-17-18-8-5-4-6-9-18/h4-9,11-12,15-16,20,23H,10,13-14,17H2,1-3H3. The van der Waals surface area contributed by atoms with Crippen LogP contribution in [-0.4, -0.2) is 37.9 Å². The van der Waals surface area contributed by atoms with E-state index in [2.05, 4.69) is 60.8 Å². The quantitative estimate of drug-likeness (QED) is 0.583. The second-order valence-electron chi connectivity index (χ2n) is 7.17. The lowest BCUT2D eigenvalue weighted by atomic mass is 9.90. The van der Waals surface area contributed by atoms with E-state index in [9.17, 15) is 0 Å². The van der Waals surface area contributed by atoms with E-state index in [1.807, 2.05) is 30.0 Å². The van der Waals surface area contributed by atoms with Crippen molar-refractivity contribution >= 4 is 11.8 Å². The number of nitrogens with zero attached hydrogens (tertiary/aromatic N) is 1. The zero-order valence-electron chi connectivity index (χ0n) is 16.4. The molecule has 2 unspecified atom stereocenters. The number of hydrogen-bond acceptors (Lipinski definition) is 4. The van der Waals surface area contributed by atoms with Crippen LogP contribution in [0.4, 0.5) is 0 Å². The minimum Gasteiger partial charge on any atom is -0.493 e. The molecule has 0 bridgehead atoms. The number of methoxy groups -OCH3 is 1. The van der Waals surface area contributed by atoms with Crippen molar-refractivity contribution in [1.82, 2.24) is 4.90 Å². The SMILES string of the molecule is COc1cc(C(CCN(C)C)C2CC=CS2)ccc1OCc1ccccc1. The van der Waals surface area contributed by atoms with Crippen LogP contribution >= 0.6 is 11.8 Å². The minimum absolute atomic E-state index is 0.504. The van der Waals surface area contributed by atoms with E-state index in [-0.39, 0.29) is 0 Å². The summed E-state index contributed by atoms with van der Waals surface area (Å²) in [5, 5.41) is 2.84. The Morgan fingerprint density at radius 3 is 2.59 bits per heavy atom. The highest BCUT2D eigenvalue weighted by molar-refractivity contribution is 8.03. The van der Waals surface area contributed by atoms with Crippen LogP contribution < -0.4 is 9.47 Å². The lowest BCUT2D eigenvalue weighted by molar-refractivity contribution is 0.284. The molecule has 2 aromatic carbocycles. The zero-order valence-corrected chi connectivity index (χ0v) is 17.2. The van der Waals surface area contributed by atoms with Crippen molar-refractivity contribution < 1.29 is 9.47 Å². The molecule has 27 heavy (non-hydrogen) atoms. The van der Waals surface area contributed by atoms with Gasteiger partial charge in [0.25, 0.3) is 0 Å². The van der Waals surface area contributed by atoms with Crippen LogP contribution in [0.15, 0.2) is 60.0 Å². The van der Waals surface area contributed by atoms with E-state index in [0.29, 0.717) is 17.8 Å². The van der Waals surface area contributed by atoms with Crippen molar-refractivity contribution in [3.05, 3.63) is 71.1 Å². The molecule has 3 rings (SSSR count). The number of rotatable bonds is 9. The summed E-state index contributed by atoms with van der Waals surface area (Å²) in [6.45, 7) is 1.62. The van der Waals surface area contributed by atoms with Gasteiger partial charge in [-0.3, -0.25) is 0 Å². The first-order valence-corrected chi connectivity index (χ1v) is 10.4. The number of allylic oxidation sites excluding steroid dienone is 1. The maximum atomic E-state index is 6.02. The van der Waals surface area contributed by atoms with Crippen LogP contribution in [0, 0.1) is 0 Å². The molecule has 2 aromatic rings. The average Bonchev–Trinajstić information content (AvgIpc) is 3.22. The Kier molecular flexibility index (Phi) is 7.25. The fourth-order valence-corrected chi connectivity index (χ4v) is 4.52. The minimum atomic E-state index is 0.504. The highest BCUT2D eigenvalue weighted by atomic mass is 32.2. The molecule has 0 amide bonds. The summed E-state index contributed by atoms with van der Waals surface area (Å²) in [7, 11) is 5.99. The molecule has 0 radical (unpaired) electrons. The number of hydrogen-bond donors (Lipinski definition) is 0. The van der Waals surface area contributed by atoms with Crippen molar-refractivity contribution in [2.24, 2.45) is 0 Å². The predicted molar refractivity (Wildman–Crippen MR) is 115 cm³/mol. The maximum Gasteiger partial charge on any atom is 0.161 e. The molecular formula is C23H29NO2S. The van der Waals surface area contributed by atoms with Gasteiger partial charge in [0, 0.05) is 5.25 Å². The van der Waals surface area contributed by atoms with Gasteiger partial charge in [0.1, 0.15) is 6.61 Å². The van der Waals surface area contributed by atoms with Crippen molar-refractivity contribution in [3.63, 3.8) is 0 Å². The Balaban J connectivity index is 1.75. The summed E-state index contributed by atoms with van der Waals surface area (Å²) in [6, 6.07) is 16.7. The molecule has 3 nitrogen and oxygen atoms in total. The molecule has 0 saturated heterocycles. The third-order valence-electron chi connectivity index (χ3n) is 4.91. The van der Waals surface area contributed by atoms with Crippen molar-refractivity contribution in [1.29, 1.82) is 0 Å². The molecule has 1 aliphatic rings. The lowest BCUT2D eigenvalue weighted by Gasteiger charge is -2.25. The van der Waals surface area contributed by atoms with Crippen LogP contribution in [0.2, 0.25) is 0 Å². The molecule has 0 fully saturated rings. The average molecular weight is 384 g/mol. The summed E-state index contributed by atoms with van der Waals surface area (Å²) in [5.74, 6) is 2.12. The van der Waals surface area contributed by atoms with Gasteiger partial charge >= 0.3 is 0 Å². The van der Waals surface area contributed by atoms with Gasteiger partial charge < -0.3 is 14.4 Å². The Morgan fingerprint density at radius 1 is 1.11 bits per heavy atom. The van der Waals surface area contributed by atoms with Crippen LogP contribution in [0.25, 0.3) is 0 Å². The van der Waals surface area contributed by atoms with E-state index in [1.54, 1.807) is 7.11 Å². The van der Waals surface area contributed by atoms with Gasteiger partial charge in [-0.2, -0.15) is 0 Å². The maximum absolute atomic E-state index is 6.02. The summed E-state index contributed by atoms with van der Waals surface area (Å²) in [5.41, 5.74) is 2.49. The van der Waals surface area contributed by atoms with E-state index in [0.717, 1.165) is 36.4 Å². The third-order valence-corrected chi connectivity index (χ3v) is 6.13. The Morgan fingerprint density at radius 2 is 1.93 bits per heavy atom. The Bertz CT molecular complexity index is 737. The number of benzene rings is 2. The summed E-state index contributed by atoms with van der Waals surface area (Å²) in [6.07, 6.45) is 4.56. The molecule has 2 atom stereocenters. The van der Waals surface area contributed by atoms with Gasteiger partial charge in [0.15, 0.2) is 11.5 Å². The summed E-state index contributed by atoms with van der Waals surface area (Å²) in [4.78, 5) is 2.26. The molecule has 0 aliphatic carbocycles. The topological polar surface area (TPSA) is 21.7 Å². The van der Waals surface area contributed by atoms with Gasteiger partial charge in [0.2, 0.25) is 0 Å². The predicted octanol–water partition coefficient (Wildman–Crippen LogP) is 5.33. The highest BCUT2D eigenvalue weighted by Gasteiger charge is 2.25. The van der Waals surface area contributed by atoms with Crippen molar-refractivity contribution in [2.75, 3.05) is 27.7 Å². The van der Waals surface area contributed by atoms with E-state index < -0.39 is 0 Å². The fraction of sp³-hybridized carbons (Fsp3) is 0.391. The van der Waals surface area contributed by atoms with Gasteiger partial charge in [0.05, 0.1) is 7.11 Å². The molecule has 4 heteroatoms. The van der Waals surface area contributed by atoms with Crippen molar-refractivity contribution in [3.8, 4) is 11.5 Å². The molecule has 1 aliphatic heterocycles. The van der Waals surface area contributed by atoms with Gasteiger partial charge in [-0.05, 0) is 68.1 Å². The molecule has 0 aromatic heterocycles. The number of ether oxygens (including phenoxy) is 2. The lowest BCUT2D eigenvalue weighted by Crippen LogP contribution is -2.21. The van der Waals surface area contributed by atoms with Crippen LogP contribution in [0.3, 0.4) is 0 Å². The third kappa shape index (κ3) is 5.53. The molecule has 0 N–H and O–H groups in total. The van der Waals surface area contributed by atoms with Gasteiger partial charge in [-0.1, -0.05) is 42.5 Å². The first-order valence-electron chi connectivity index (χ1n) is 9.47. The summed E-state index contributed by atoms with van der Waals surface area (Å²) >= 11 is 1.95. The molecule has 0 spiro atoms. The van der Waals surface area contributed by atoms with Crippen LogP contribution in [-0.2, 0) is 6.61 Å². The van der Waals surface area contributed by atoms with E-state index in [4.69, 9.17) is 9.47 Å². The zero-order chi connectivity index (χ0) is 19.1. The monoisotopic (exact) mass is 383 g/mol. The van der Waals surface area contributed by atoms with Crippen LogP contribution in [0.5, 0.6) is 11.5 Å². The van der Waals surface area contributed by atoms with Gasteiger partial charge in [-0.15, -0.1) is 11.8 Å². The first-order chi connectivity index (χ1) is 13.2. The Hall–Kier alpha value is -1.91. The fourth-order valence-electron chi connectivity index (χ4n) is 3.39. The Labute approximate surface area is 167 Å². The molecular weight excluding hydrogens is 354 g/mol. The van der Waals surface area contributed by atoms with Crippen LogP contribution in [0.1, 0.15) is 29.9 Å².